The Labute approximate surface area is 125 Å². The maximum atomic E-state index is 12.4. The quantitative estimate of drug-likeness (QED) is 0.774. The number of fused-ring (bicyclic) bond motifs is 1. The van der Waals surface area contributed by atoms with E-state index in [0.717, 1.165) is 10.8 Å². The fraction of sp³-hybridized carbons (Fsp3) is 0. The molecular formula is C16H11N3O3. The highest BCUT2D eigenvalue weighted by molar-refractivity contribution is 6.13. The van der Waals surface area contributed by atoms with E-state index in [1.807, 2.05) is 30.3 Å². The maximum Gasteiger partial charge on any atom is 0.358 e. The number of anilines is 1. The molecule has 108 valence electrons. The molecule has 1 amide bonds. The van der Waals surface area contributed by atoms with E-state index in [1.54, 1.807) is 12.1 Å². The van der Waals surface area contributed by atoms with Crippen molar-refractivity contribution in [1.82, 2.24) is 9.97 Å². The van der Waals surface area contributed by atoms with Gasteiger partial charge in [-0.1, -0.05) is 36.4 Å². The van der Waals surface area contributed by atoms with Gasteiger partial charge in [0.1, 0.15) is 0 Å². The maximum absolute atomic E-state index is 12.4. The molecule has 3 aromatic rings. The predicted molar refractivity (Wildman–Crippen MR) is 80.9 cm³/mol. The van der Waals surface area contributed by atoms with Crippen LogP contribution in [0.1, 0.15) is 20.8 Å². The van der Waals surface area contributed by atoms with Crippen molar-refractivity contribution in [1.29, 1.82) is 0 Å². The van der Waals surface area contributed by atoms with E-state index in [1.165, 1.54) is 12.4 Å². The summed E-state index contributed by atoms with van der Waals surface area (Å²) in [7, 11) is 0. The molecule has 1 heterocycles. The SMILES string of the molecule is O=C(O)c1nccnc1NC(=O)c1cccc2ccccc12. The van der Waals surface area contributed by atoms with Crippen LogP contribution in [0.3, 0.4) is 0 Å². The van der Waals surface area contributed by atoms with E-state index in [-0.39, 0.29) is 11.5 Å². The standard InChI is InChI=1S/C16H11N3O3/c20-15(19-14-13(16(21)22)17-8-9-18-14)12-7-3-5-10-4-1-2-6-11(10)12/h1-9H,(H,21,22)(H,18,19,20). The minimum atomic E-state index is -1.25. The molecule has 2 aromatic carbocycles. The molecule has 0 bridgehead atoms. The lowest BCUT2D eigenvalue weighted by atomic mass is 10.0. The van der Waals surface area contributed by atoms with Crippen LogP contribution in [0.2, 0.25) is 0 Å². The lowest BCUT2D eigenvalue weighted by molar-refractivity contribution is 0.0691. The highest BCUT2D eigenvalue weighted by Crippen LogP contribution is 2.20. The van der Waals surface area contributed by atoms with Crippen molar-refractivity contribution in [2.75, 3.05) is 5.32 Å². The number of hydrogen-bond acceptors (Lipinski definition) is 4. The van der Waals surface area contributed by atoms with Crippen molar-refractivity contribution in [2.24, 2.45) is 0 Å². The van der Waals surface area contributed by atoms with Crippen molar-refractivity contribution in [3.05, 3.63) is 66.1 Å². The summed E-state index contributed by atoms with van der Waals surface area (Å²) in [5.74, 6) is -1.76. The van der Waals surface area contributed by atoms with E-state index < -0.39 is 11.9 Å². The molecule has 0 aliphatic rings. The van der Waals surface area contributed by atoms with Gasteiger partial charge in [0, 0.05) is 18.0 Å². The minimum absolute atomic E-state index is 0.0760. The number of aromatic carboxylic acids is 1. The molecule has 22 heavy (non-hydrogen) atoms. The summed E-state index contributed by atoms with van der Waals surface area (Å²) in [5.41, 5.74) is 0.149. The second-order valence-electron chi connectivity index (χ2n) is 4.54. The number of hydrogen-bond donors (Lipinski definition) is 2. The Hall–Kier alpha value is -3.28. The third-order valence-corrected chi connectivity index (χ3v) is 3.17. The minimum Gasteiger partial charge on any atom is -0.476 e. The monoisotopic (exact) mass is 293 g/mol. The zero-order chi connectivity index (χ0) is 15.5. The normalized spacial score (nSPS) is 10.4. The van der Waals surface area contributed by atoms with Gasteiger partial charge >= 0.3 is 5.97 Å². The topological polar surface area (TPSA) is 92.2 Å². The predicted octanol–water partition coefficient (Wildman–Crippen LogP) is 2.58. The summed E-state index contributed by atoms with van der Waals surface area (Å²) in [5, 5.41) is 13.3. The molecule has 3 rings (SSSR count). The average Bonchev–Trinajstić information content (AvgIpc) is 2.54. The van der Waals surface area contributed by atoms with Crippen molar-refractivity contribution in [3.63, 3.8) is 0 Å². The first-order valence-corrected chi connectivity index (χ1v) is 6.50. The first-order valence-electron chi connectivity index (χ1n) is 6.50. The van der Waals surface area contributed by atoms with Gasteiger partial charge in [0.25, 0.3) is 5.91 Å². The number of nitrogens with zero attached hydrogens (tertiary/aromatic N) is 2. The fourth-order valence-electron chi connectivity index (χ4n) is 2.18. The Morgan fingerprint density at radius 1 is 0.955 bits per heavy atom. The van der Waals surface area contributed by atoms with Crippen LogP contribution in [0.5, 0.6) is 0 Å². The number of benzene rings is 2. The summed E-state index contributed by atoms with van der Waals surface area (Å²) in [6.45, 7) is 0. The van der Waals surface area contributed by atoms with E-state index in [4.69, 9.17) is 5.11 Å². The van der Waals surface area contributed by atoms with E-state index >= 15 is 0 Å². The Morgan fingerprint density at radius 3 is 2.50 bits per heavy atom. The number of carboxylic acids is 1. The van der Waals surface area contributed by atoms with Crippen LogP contribution >= 0.6 is 0 Å². The van der Waals surface area contributed by atoms with Gasteiger partial charge in [-0.3, -0.25) is 4.79 Å². The molecule has 0 aliphatic carbocycles. The Bertz CT molecular complexity index is 872. The van der Waals surface area contributed by atoms with Gasteiger partial charge < -0.3 is 10.4 Å². The Balaban J connectivity index is 2.00. The second-order valence-corrected chi connectivity index (χ2v) is 4.54. The van der Waals surface area contributed by atoms with Crippen molar-refractivity contribution < 1.29 is 14.7 Å². The summed E-state index contributed by atoms with van der Waals surface area (Å²) >= 11 is 0. The molecule has 0 atom stereocenters. The number of amides is 1. The van der Waals surface area contributed by atoms with E-state index in [2.05, 4.69) is 15.3 Å². The summed E-state index contributed by atoms with van der Waals surface area (Å²) in [6.07, 6.45) is 2.59. The van der Waals surface area contributed by atoms with Crippen LogP contribution in [0.25, 0.3) is 10.8 Å². The Morgan fingerprint density at radius 2 is 1.68 bits per heavy atom. The van der Waals surface area contributed by atoms with Crippen LogP contribution < -0.4 is 5.32 Å². The van der Waals surface area contributed by atoms with Gasteiger partial charge in [0.05, 0.1) is 0 Å². The summed E-state index contributed by atoms with van der Waals surface area (Å²) in [6, 6.07) is 12.8. The van der Waals surface area contributed by atoms with E-state index in [9.17, 15) is 9.59 Å². The first kappa shape index (κ1) is 13.7. The molecular weight excluding hydrogens is 282 g/mol. The number of carbonyl (C=O) groups is 2. The molecule has 1 aromatic heterocycles. The molecule has 0 aliphatic heterocycles. The van der Waals surface area contributed by atoms with Gasteiger partial charge in [0.2, 0.25) is 0 Å². The molecule has 0 spiro atoms. The zero-order valence-corrected chi connectivity index (χ0v) is 11.4. The molecule has 6 nitrogen and oxygen atoms in total. The number of aromatic nitrogens is 2. The zero-order valence-electron chi connectivity index (χ0n) is 11.4. The summed E-state index contributed by atoms with van der Waals surface area (Å²) in [4.78, 5) is 31.1. The average molecular weight is 293 g/mol. The van der Waals surface area contributed by atoms with Crippen LogP contribution in [0.15, 0.2) is 54.9 Å². The second kappa shape index (κ2) is 5.61. The molecule has 0 fully saturated rings. The summed E-state index contributed by atoms with van der Waals surface area (Å²) < 4.78 is 0. The van der Waals surface area contributed by atoms with Gasteiger partial charge in [-0.15, -0.1) is 0 Å². The number of nitrogens with one attached hydrogen (secondary N) is 1. The Kier molecular flexibility index (Phi) is 3.49. The van der Waals surface area contributed by atoms with Gasteiger partial charge in [-0.25, -0.2) is 14.8 Å². The molecule has 0 saturated heterocycles. The van der Waals surface area contributed by atoms with Crippen molar-refractivity contribution >= 4 is 28.5 Å². The smallest absolute Gasteiger partial charge is 0.358 e. The third kappa shape index (κ3) is 2.49. The molecule has 0 saturated carbocycles. The number of carboxylic acid groups (broad SMARTS) is 1. The lowest BCUT2D eigenvalue weighted by Gasteiger charge is -2.08. The van der Waals surface area contributed by atoms with Crippen molar-refractivity contribution in [3.8, 4) is 0 Å². The van der Waals surface area contributed by atoms with Crippen LogP contribution in [-0.2, 0) is 0 Å². The highest BCUT2D eigenvalue weighted by Gasteiger charge is 2.17. The molecule has 0 unspecified atom stereocenters. The highest BCUT2D eigenvalue weighted by atomic mass is 16.4. The van der Waals surface area contributed by atoms with Gasteiger partial charge in [-0.2, -0.15) is 0 Å². The molecule has 6 heteroatoms. The third-order valence-electron chi connectivity index (χ3n) is 3.17. The van der Waals surface area contributed by atoms with Gasteiger partial charge in [-0.05, 0) is 16.8 Å². The van der Waals surface area contributed by atoms with Gasteiger partial charge in [0.15, 0.2) is 11.5 Å². The fourth-order valence-corrected chi connectivity index (χ4v) is 2.18. The lowest BCUT2D eigenvalue weighted by Crippen LogP contribution is -2.17. The number of carbonyl (C=O) groups excluding carboxylic acids is 1. The largest absolute Gasteiger partial charge is 0.476 e. The van der Waals surface area contributed by atoms with Crippen LogP contribution in [0.4, 0.5) is 5.82 Å². The van der Waals surface area contributed by atoms with Crippen LogP contribution in [-0.4, -0.2) is 27.0 Å². The molecule has 2 N–H and O–H groups in total. The van der Waals surface area contributed by atoms with Crippen LogP contribution in [0, 0.1) is 0 Å². The first-order chi connectivity index (χ1) is 10.7. The molecule has 0 radical (unpaired) electrons. The van der Waals surface area contributed by atoms with E-state index in [0.29, 0.717) is 5.56 Å². The van der Waals surface area contributed by atoms with Crippen molar-refractivity contribution in [2.45, 2.75) is 0 Å². The number of rotatable bonds is 3.